The van der Waals surface area contributed by atoms with Crippen LogP contribution in [0.2, 0.25) is 0 Å². The molecule has 0 aliphatic heterocycles. The standard InChI is InChI=1S/C19H21F3IN3O3/c1-11-7-13(5-6-14(11)20)24-16(27)12-8-15(26(4)9-12)19(21,22)17(28)25-18(2,3)10-29-23/h5-9H,10H2,1-4H3,(H,24,27)(H,25,28). The number of benzene rings is 1. The van der Waals surface area contributed by atoms with Gasteiger partial charge < -0.3 is 18.3 Å². The lowest BCUT2D eigenvalue weighted by molar-refractivity contribution is -0.150. The average molecular weight is 523 g/mol. The van der Waals surface area contributed by atoms with Gasteiger partial charge in [-0.3, -0.25) is 9.59 Å². The van der Waals surface area contributed by atoms with E-state index in [0.29, 0.717) is 11.3 Å². The molecular weight excluding hydrogens is 502 g/mol. The van der Waals surface area contributed by atoms with E-state index in [1.807, 2.05) is 0 Å². The van der Waals surface area contributed by atoms with Gasteiger partial charge in [0.05, 0.1) is 23.4 Å². The maximum atomic E-state index is 14.7. The predicted octanol–water partition coefficient (Wildman–Crippen LogP) is 4.08. The van der Waals surface area contributed by atoms with E-state index in [1.54, 1.807) is 36.9 Å². The highest BCUT2D eigenvalue weighted by Crippen LogP contribution is 2.30. The summed E-state index contributed by atoms with van der Waals surface area (Å²) in [4.78, 5) is 24.6. The van der Waals surface area contributed by atoms with Crippen LogP contribution in [0, 0.1) is 12.7 Å². The number of hydrogen-bond donors (Lipinski definition) is 2. The van der Waals surface area contributed by atoms with Crippen LogP contribution in [0.15, 0.2) is 30.5 Å². The Morgan fingerprint density at radius 2 is 1.90 bits per heavy atom. The molecular formula is C19H21F3IN3O3. The van der Waals surface area contributed by atoms with Gasteiger partial charge in [0.2, 0.25) is 0 Å². The number of rotatable bonds is 7. The summed E-state index contributed by atoms with van der Waals surface area (Å²) in [5.74, 6) is -6.46. The van der Waals surface area contributed by atoms with Gasteiger partial charge in [0.1, 0.15) is 28.8 Å². The van der Waals surface area contributed by atoms with Gasteiger partial charge in [-0.1, -0.05) is 0 Å². The first-order chi connectivity index (χ1) is 13.4. The minimum absolute atomic E-state index is 0.0350. The van der Waals surface area contributed by atoms with Crippen LogP contribution in [0.4, 0.5) is 18.9 Å². The van der Waals surface area contributed by atoms with Crippen LogP contribution >= 0.6 is 23.0 Å². The Bertz CT molecular complexity index is 929. The molecule has 1 heterocycles. The van der Waals surface area contributed by atoms with E-state index < -0.39 is 34.8 Å². The molecule has 2 amide bonds. The Morgan fingerprint density at radius 3 is 2.48 bits per heavy atom. The number of nitrogens with zero attached hydrogens (tertiary/aromatic N) is 1. The van der Waals surface area contributed by atoms with Gasteiger partial charge in [0.25, 0.3) is 11.8 Å². The molecule has 1 aromatic carbocycles. The van der Waals surface area contributed by atoms with E-state index in [-0.39, 0.29) is 12.2 Å². The number of hydrogen-bond acceptors (Lipinski definition) is 3. The second-order valence-corrected chi connectivity index (χ2v) is 7.93. The summed E-state index contributed by atoms with van der Waals surface area (Å²) in [6.45, 7) is 4.67. The summed E-state index contributed by atoms with van der Waals surface area (Å²) in [5.41, 5.74) is -1.05. The number of nitrogens with one attached hydrogen (secondary N) is 2. The van der Waals surface area contributed by atoms with Crippen LogP contribution in [0.1, 0.15) is 35.5 Å². The minimum Gasteiger partial charge on any atom is -0.348 e. The van der Waals surface area contributed by atoms with Crippen molar-refractivity contribution in [3.8, 4) is 0 Å². The molecule has 0 saturated carbocycles. The number of aromatic nitrogens is 1. The molecule has 158 valence electrons. The Hall–Kier alpha value is -2.08. The fourth-order valence-electron chi connectivity index (χ4n) is 2.60. The number of carbonyl (C=O) groups is 2. The van der Waals surface area contributed by atoms with Crippen molar-refractivity contribution < 1.29 is 25.8 Å². The molecule has 0 fully saturated rings. The molecule has 0 aliphatic carbocycles. The largest absolute Gasteiger partial charge is 0.364 e. The van der Waals surface area contributed by atoms with Gasteiger partial charge in [-0.15, -0.1) is 0 Å². The van der Waals surface area contributed by atoms with E-state index in [1.165, 1.54) is 38.4 Å². The van der Waals surface area contributed by atoms with Crippen LogP contribution in [-0.2, 0) is 20.8 Å². The van der Waals surface area contributed by atoms with Gasteiger partial charge in [0, 0.05) is 18.9 Å². The Labute approximate surface area is 180 Å². The van der Waals surface area contributed by atoms with E-state index in [0.717, 1.165) is 10.6 Å². The molecule has 0 bridgehead atoms. The van der Waals surface area contributed by atoms with Gasteiger partial charge in [0.15, 0.2) is 0 Å². The monoisotopic (exact) mass is 523 g/mol. The average Bonchev–Trinajstić information content (AvgIpc) is 3.00. The highest BCUT2D eigenvalue weighted by Gasteiger charge is 2.45. The van der Waals surface area contributed by atoms with Crippen molar-refractivity contribution in [3.63, 3.8) is 0 Å². The molecule has 2 N–H and O–H groups in total. The highest BCUT2D eigenvalue weighted by molar-refractivity contribution is 14.1. The number of halogens is 4. The molecule has 0 saturated heterocycles. The third-order valence-corrected chi connectivity index (χ3v) is 4.47. The third-order valence-electron chi connectivity index (χ3n) is 4.16. The van der Waals surface area contributed by atoms with Crippen molar-refractivity contribution in [1.29, 1.82) is 0 Å². The zero-order valence-corrected chi connectivity index (χ0v) is 18.4. The van der Waals surface area contributed by atoms with Crippen molar-refractivity contribution in [2.75, 3.05) is 11.9 Å². The summed E-state index contributed by atoms with van der Waals surface area (Å²) in [7, 11) is 1.31. The first-order valence-corrected chi connectivity index (χ1v) is 9.44. The van der Waals surface area contributed by atoms with Crippen molar-refractivity contribution in [2.45, 2.75) is 32.2 Å². The summed E-state index contributed by atoms with van der Waals surface area (Å²) in [6, 6.07) is 4.94. The van der Waals surface area contributed by atoms with Crippen LogP contribution in [-0.4, -0.2) is 28.5 Å². The van der Waals surface area contributed by atoms with Crippen molar-refractivity contribution in [1.82, 2.24) is 9.88 Å². The number of anilines is 1. The fraction of sp³-hybridized carbons (Fsp3) is 0.368. The summed E-state index contributed by atoms with van der Waals surface area (Å²) >= 11 is 1.61. The summed E-state index contributed by atoms with van der Waals surface area (Å²) < 4.78 is 48.7. The van der Waals surface area contributed by atoms with E-state index in [4.69, 9.17) is 3.07 Å². The van der Waals surface area contributed by atoms with E-state index in [9.17, 15) is 22.8 Å². The Morgan fingerprint density at radius 1 is 1.24 bits per heavy atom. The molecule has 29 heavy (non-hydrogen) atoms. The molecule has 0 atom stereocenters. The minimum atomic E-state index is -3.87. The lowest BCUT2D eigenvalue weighted by Gasteiger charge is -2.27. The second kappa shape index (κ2) is 8.74. The number of carbonyl (C=O) groups excluding carboxylic acids is 2. The van der Waals surface area contributed by atoms with E-state index >= 15 is 0 Å². The fourth-order valence-corrected chi connectivity index (χ4v) is 3.38. The molecule has 0 aliphatic rings. The second-order valence-electron chi connectivity index (χ2n) is 7.31. The smallest absolute Gasteiger partial charge is 0.348 e. The van der Waals surface area contributed by atoms with Crippen LogP contribution in [0.25, 0.3) is 0 Å². The van der Waals surface area contributed by atoms with Crippen molar-refractivity contribution in [2.24, 2.45) is 7.05 Å². The number of aryl methyl sites for hydroxylation is 2. The highest BCUT2D eigenvalue weighted by atomic mass is 127. The van der Waals surface area contributed by atoms with Crippen LogP contribution in [0.5, 0.6) is 0 Å². The lowest BCUT2D eigenvalue weighted by atomic mass is 10.1. The Kier molecular flexibility index (Phi) is 6.99. The van der Waals surface area contributed by atoms with Gasteiger partial charge in [-0.25, -0.2) is 4.39 Å². The molecule has 2 aromatic rings. The summed E-state index contributed by atoms with van der Waals surface area (Å²) in [6.07, 6.45) is 1.20. The lowest BCUT2D eigenvalue weighted by Crippen LogP contribution is -2.52. The topological polar surface area (TPSA) is 72.4 Å². The number of amides is 2. The molecule has 1 aromatic heterocycles. The van der Waals surface area contributed by atoms with Crippen molar-refractivity contribution in [3.05, 3.63) is 53.1 Å². The zero-order valence-electron chi connectivity index (χ0n) is 16.3. The predicted molar refractivity (Wildman–Crippen MR) is 111 cm³/mol. The maximum absolute atomic E-state index is 14.7. The molecule has 0 radical (unpaired) electrons. The quantitative estimate of drug-likeness (QED) is 0.538. The molecule has 0 unspecified atom stereocenters. The maximum Gasteiger partial charge on any atom is 0.364 e. The normalized spacial score (nSPS) is 12.0. The first kappa shape index (κ1) is 23.2. The molecule has 2 rings (SSSR count). The molecule has 0 spiro atoms. The molecule has 10 heteroatoms. The summed E-state index contributed by atoms with van der Waals surface area (Å²) in [5, 5.41) is 4.77. The van der Waals surface area contributed by atoms with Crippen molar-refractivity contribution >= 4 is 40.5 Å². The first-order valence-electron chi connectivity index (χ1n) is 8.55. The van der Waals surface area contributed by atoms with Gasteiger partial charge in [-0.2, -0.15) is 8.78 Å². The van der Waals surface area contributed by atoms with Gasteiger partial charge in [-0.05, 0) is 50.6 Å². The van der Waals surface area contributed by atoms with Crippen LogP contribution in [0.3, 0.4) is 0 Å². The van der Waals surface area contributed by atoms with Crippen LogP contribution < -0.4 is 10.6 Å². The third kappa shape index (κ3) is 5.50. The Balaban J connectivity index is 2.22. The van der Waals surface area contributed by atoms with E-state index in [2.05, 4.69) is 10.6 Å². The molecule has 6 nitrogen and oxygen atoms in total. The van der Waals surface area contributed by atoms with Gasteiger partial charge >= 0.3 is 5.92 Å². The number of alkyl halides is 2. The zero-order chi connectivity index (χ0) is 22.0. The SMILES string of the molecule is Cc1cc(NC(=O)c2cc(C(F)(F)C(=O)NC(C)(C)COI)n(C)c2)ccc1F.